The average Bonchev–Trinajstić information content (AvgIpc) is 2.57. The Labute approximate surface area is 128 Å². The van der Waals surface area contributed by atoms with Gasteiger partial charge in [0.25, 0.3) is 5.91 Å². The lowest BCUT2D eigenvalue weighted by molar-refractivity contribution is 0.0706. The topological polar surface area (TPSA) is 52.6 Å². The van der Waals surface area contributed by atoms with Crippen LogP contribution in [0.15, 0.2) is 24.3 Å². The maximum absolute atomic E-state index is 11.2. The lowest BCUT2D eigenvalue weighted by atomic mass is 9.94. The fourth-order valence-corrected chi connectivity index (χ4v) is 2.64. The molecule has 118 valence electrons. The zero-order chi connectivity index (χ0) is 15.7. The summed E-state index contributed by atoms with van der Waals surface area (Å²) >= 11 is 0. The number of carbonyl (C=O) groups excluding carboxylic acids is 1. The fraction of sp³-hybridized carbons (Fsp3) is 0.588. The smallest absolute Gasteiger partial charge is 0.274 e. The molecule has 1 saturated heterocycles. The molecule has 21 heavy (non-hydrogen) atoms. The SMILES string of the molecule is CC.CCC1CCN(Cc2ccc(C(=O)NO)cc2)CC1. The predicted molar refractivity (Wildman–Crippen MR) is 85.3 cm³/mol. The minimum atomic E-state index is -0.463. The quantitative estimate of drug-likeness (QED) is 0.660. The van der Waals surface area contributed by atoms with Crippen LogP contribution in [-0.2, 0) is 6.54 Å². The molecule has 1 aromatic carbocycles. The van der Waals surface area contributed by atoms with Crippen molar-refractivity contribution in [3.8, 4) is 0 Å². The van der Waals surface area contributed by atoms with Gasteiger partial charge < -0.3 is 0 Å². The number of carbonyl (C=O) groups is 1. The summed E-state index contributed by atoms with van der Waals surface area (Å²) < 4.78 is 0. The first-order chi connectivity index (χ1) is 10.2. The molecule has 0 saturated carbocycles. The Morgan fingerprint density at radius 1 is 1.24 bits per heavy atom. The Morgan fingerprint density at radius 2 is 1.81 bits per heavy atom. The van der Waals surface area contributed by atoms with Gasteiger partial charge in [-0.05, 0) is 49.5 Å². The molecule has 0 radical (unpaired) electrons. The van der Waals surface area contributed by atoms with Crippen molar-refractivity contribution in [2.24, 2.45) is 5.92 Å². The van der Waals surface area contributed by atoms with E-state index in [9.17, 15) is 4.79 Å². The minimum absolute atomic E-state index is 0.463. The number of likely N-dealkylation sites (tertiary alicyclic amines) is 1. The van der Waals surface area contributed by atoms with Crippen LogP contribution in [0.5, 0.6) is 0 Å². The summed E-state index contributed by atoms with van der Waals surface area (Å²) in [5, 5.41) is 8.56. The molecule has 2 N–H and O–H groups in total. The van der Waals surface area contributed by atoms with Gasteiger partial charge in [-0.1, -0.05) is 39.3 Å². The second-order valence-corrected chi connectivity index (χ2v) is 5.27. The molecule has 0 bridgehead atoms. The van der Waals surface area contributed by atoms with E-state index in [-0.39, 0.29) is 0 Å². The van der Waals surface area contributed by atoms with Gasteiger partial charge in [0.2, 0.25) is 0 Å². The van der Waals surface area contributed by atoms with Crippen molar-refractivity contribution in [2.45, 2.75) is 46.6 Å². The molecule has 4 heteroatoms. The van der Waals surface area contributed by atoms with Gasteiger partial charge in [-0.15, -0.1) is 0 Å². The van der Waals surface area contributed by atoms with E-state index in [1.807, 2.05) is 26.0 Å². The van der Waals surface area contributed by atoms with Crippen LogP contribution >= 0.6 is 0 Å². The summed E-state index contributed by atoms with van der Waals surface area (Å²) in [6, 6.07) is 7.41. The molecule has 1 heterocycles. The molecule has 0 unspecified atom stereocenters. The van der Waals surface area contributed by atoms with Gasteiger partial charge in [-0.25, -0.2) is 5.48 Å². The van der Waals surface area contributed by atoms with E-state index >= 15 is 0 Å². The predicted octanol–water partition coefficient (Wildman–Crippen LogP) is 3.45. The molecule has 1 fully saturated rings. The monoisotopic (exact) mass is 292 g/mol. The van der Waals surface area contributed by atoms with E-state index in [2.05, 4.69) is 11.8 Å². The van der Waals surface area contributed by atoms with Crippen LogP contribution < -0.4 is 5.48 Å². The Kier molecular flexibility index (Phi) is 8.01. The first kappa shape index (κ1) is 17.7. The van der Waals surface area contributed by atoms with Gasteiger partial charge in [-0.3, -0.25) is 14.9 Å². The van der Waals surface area contributed by atoms with E-state index in [0.29, 0.717) is 5.56 Å². The number of piperidine rings is 1. The van der Waals surface area contributed by atoms with E-state index in [1.54, 1.807) is 17.6 Å². The van der Waals surface area contributed by atoms with Crippen LogP contribution in [0.2, 0.25) is 0 Å². The summed E-state index contributed by atoms with van der Waals surface area (Å²) in [7, 11) is 0. The van der Waals surface area contributed by atoms with Gasteiger partial charge >= 0.3 is 0 Å². The summed E-state index contributed by atoms with van der Waals surface area (Å²) in [5.74, 6) is 0.433. The highest BCUT2D eigenvalue weighted by molar-refractivity contribution is 5.93. The number of rotatable bonds is 4. The lowest BCUT2D eigenvalue weighted by Gasteiger charge is -2.31. The minimum Gasteiger partial charge on any atom is -0.299 e. The Bertz CT molecular complexity index is 409. The molecule has 1 aromatic rings. The van der Waals surface area contributed by atoms with Gasteiger partial charge in [-0.2, -0.15) is 0 Å². The summed E-state index contributed by atoms with van der Waals surface area (Å²) in [4.78, 5) is 13.7. The molecule has 0 aliphatic carbocycles. The number of nitrogens with one attached hydrogen (secondary N) is 1. The van der Waals surface area contributed by atoms with Gasteiger partial charge in [0.15, 0.2) is 0 Å². The molecule has 2 rings (SSSR count). The largest absolute Gasteiger partial charge is 0.299 e. The first-order valence-corrected chi connectivity index (χ1v) is 7.98. The van der Waals surface area contributed by atoms with Gasteiger partial charge in [0, 0.05) is 12.1 Å². The summed E-state index contributed by atoms with van der Waals surface area (Å²) in [6.45, 7) is 9.54. The number of hydrogen-bond acceptors (Lipinski definition) is 3. The average molecular weight is 292 g/mol. The molecule has 0 atom stereocenters. The third-order valence-corrected chi connectivity index (χ3v) is 4.01. The maximum Gasteiger partial charge on any atom is 0.274 e. The molecular weight excluding hydrogens is 264 g/mol. The molecule has 1 amide bonds. The normalized spacial score (nSPS) is 16.0. The lowest BCUT2D eigenvalue weighted by Crippen LogP contribution is -2.33. The van der Waals surface area contributed by atoms with Crippen LogP contribution in [0, 0.1) is 5.92 Å². The molecule has 4 nitrogen and oxygen atoms in total. The highest BCUT2D eigenvalue weighted by Gasteiger charge is 2.17. The van der Waals surface area contributed by atoms with Crippen molar-refractivity contribution >= 4 is 5.91 Å². The van der Waals surface area contributed by atoms with E-state index in [1.165, 1.54) is 24.8 Å². The third-order valence-electron chi connectivity index (χ3n) is 4.01. The first-order valence-electron chi connectivity index (χ1n) is 7.98. The highest BCUT2D eigenvalue weighted by Crippen LogP contribution is 2.21. The van der Waals surface area contributed by atoms with Crippen molar-refractivity contribution in [3.63, 3.8) is 0 Å². The van der Waals surface area contributed by atoms with Gasteiger partial charge in [0.05, 0.1) is 0 Å². The fourth-order valence-electron chi connectivity index (χ4n) is 2.64. The second-order valence-electron chi connectivity index (χ2n) is 5.27. The molecular formula is C17H28N2O2. The van der Waals surface area contributed by atoms with Crippen LogP contribution in [-0.4, -0.2) is 29.1 Å². The Morgan fingerprint density at radius 3 is 2.29 bits per heavy atom. The van der Waals surface area contributed by atoms with Crippen LogP contribution in [0.3, 0.4) is 0 Å². The maximum atomic E-state index is 11.2. The van der Waals surface area contributed by atoms with Crippen molar-refractivity contribution < 1.29 is 10.0 Å². The number of amides is 1. The van der Waals surface area contributed by atoms with Crippen LogP contribution in [0.4, 0.5) is 0 Å². The summed E-state index contributed by atoms with van der Waals surface area (Å²) in [5.41, 5.74) is 3.34. The number of benzene rings is 1. The zero-order valence-corrected chi connectivity index (χ0v) is 13.4. The number of nitrogens with zero attached hydrogens (tertiary/aromatic N) is 1. The van der Waals surface area contributed by atoms with Crippen molar-refractivity contribution in [3.05, 3.63) is 35.4 Å². The van der Waals surface area contributed by atoms with Crippen molar-refractivity contribution in [1.82, 2.24) is 10.4 Å². The van der Waals surface area contributed by atoms with Crippen molar-refractivity contribution in [2.75, 3.05) is 13.1 Å². The van der Waals surface area contributed by atoms with Crippen LogP contribution in [0.25, 0.3) is 0 Å². The molecule has 0 aromatic heterocycles. The molecule has 1 aliphatic heterocycles. The Hall–Kier alpha value is -1.39. The molecule has 1 aliphatic rings. The summed E-state index contributed by atoms with van der Waals surface area (Å²) in [6.07, 6.45) is 3.88. The van der Waals surface area contributed by atoms with E-state index < -0.39 is 5.91 Å². The zero-order valence-electron chi connectivity index (χ0n) is 13.4. The Balaban J connectivity index is 0.00000106. The van der Waals surface area contributed by atoms with Crippen LogP contribution in [0.1, 0.15) is 56.0 Å². The van der Waals surface area contributed by atoms with Crippen molar-refractivity contribution in [1.29, 1.82) is 0 Å². The highest BCUT2D eigenvalue weighted by atomic mass is 16.5. The second kappa shape index (κ2) is 9.53. The number of hydroxylamine groups is 1. The third kappa shape index (κ3) is 5.48. The van der Waals surface area contributed by atoms with E-state index in [4.69, 9.17) is 5.21 Å². The standard InChI is InChI=1S/C15H22N2O2.C2H6/c1-2-12-7-9-17(10-8-12)11-13-3-5-14(6-4-13)15(18)16-19;1-2/h3-6,12,19H,2,7-11H2,1H3,(H,16,18);1-2H3. The molecule has 0 spiro atoms. The van der Waals surface area contributed by atoms with E-state index in [0.717, 1.165) is 25.6 Å². The number of hydrogen-bond donors (Lipinski definition) is 2. The van der Waals surface area contributed by atoms with Gasteiger partial charge in [0.1, 0.15) is 0 Å².